The Bertz CT molecular complexity index is 329. The molecule has 0 spiro atoms. The monoisotopic (exact) mass is 209 g/mol. The second-order valence-corrected chi connectivity index (χ2v) is 4.24. The minimum Gasteiger partial charge on any atom is -0.378 e. The van der Waals surface area contributed by atoms with Crippen LogP contribution in [0.4, 0.5) is 0 Å². The molecular weight excluding hydrogens is 194 g/mol. The molecule has 5 nitrogen and oxygen atoms in total. The Morgan fingerprint density at radius 3 is 3.00 bits per heavy atom. The molecule has 0 aliphatic carbocycles. The van der Waals surface area contributed by atoms with Crippen LogP contribution in [-0.4, -0.2) is 35.9 Å². The lowest BCUT2D eigenvalue weighted by molar-refractivity contribution is 0.109. The van der Waals surface area contributed by atoms with Gasteiger partial charge < -0.3 is 14.6 Å². The Kier molecular flexibility index (Phi) is 2.42. The van der Waals surface area contributed by atoms with Crippen LogP contribution < -0.4 is 5.32 Å². The molecular formula is C10H15N3O2. The molecule has 1 unspecified atom stereocenters. The molecule has 3 rings (SSSR count). The van der Waals surface area contributed by atoms with Crippen LogP contribution in [-0.2, 0) is 11.2 Å². The van der Waals surface area contributed by atoms with Gasteiger partial charge in [-0.05, 0) is 12.8 Å². The van der Waals surface area contributed by atoms with Gasteiger partial charge in [0.05, 0.1) is 12.0 Å². The molecule has 1 aromatic rings. The van der Waals surface area contributed by atoms with E-state index < -0.39 is 0 Å². The van der Waals surface area contributed by atoms with E-state index in [0.717, 1.165) is 50.7 Å². The fourth-order valence-corrected chi connectivity index (χ4v) is 1.99. The largest absolute Gasteiger partial charge is 0.378 e. The van der Waals surface area contributed by atoms with Crippen molar-refractivity contribution in [1.82, 2.24) is 15.5 Å². The number of nitrogens with zero attached hydrogens (tertiary/aromatic N) is 2. The van der Waals surface area contributed by atoms with E-state index in [0.29, 0.717) is 12.0 Å². The first-order chi connectivity index (χ1) is 7.42. The summed E-state index contributed by atoms with van der Waals surface area (Å²) < 4.78 is 10.8. The summed E-state index contributed by atoms with van der Waals surface area (Å²) in [6.07, 6.45) is 3.37. The van der Waals surface area contributed by atoms with Crippen LogP contribution in [0.2, 0.25) is 0 Å². The molecule has 0 bridgehead atoms. The number of nitrogens with one attached hydrogen (secondary N) is 1. The number of hydrogen-bond acceptors (Lipinski definition) is 5. The van der Waals surface area contributed by atoms with E-state index in [1.165, 1.54) is 0 Å². The van der Waals surface area contributed by atoms with E-state index in [-0.39, 0.29) is 0 Å². The number of aromatic nitrogens is 2. The van der Waals surface area contributed by atoms with E-state index in [9.17, 15) is 0 Å². The first-order valence-corrected chi connectivity index (χ1v) is 5.56. The van der Waals surface area contributed by atoms with Crippen LogP contribution in [0.3, 0.4) is 0 Å². The lowest BCUT2D eigenvalue weighted by atomic mass is 10.0. The third-order valence-electron chi connectivity index (χ3n) is 3.05. The third-order valence-corrected chi connectivity index (χ3v) is 3.05. The quantitative estimate of drug-likeness (QED) is 0.784. The highest BCUT2D eigenvalue weighted by Crippen LogP contribution is 2.20. The molecule has 1 aromatic heterocycles. The molecule has 2 aliphatic heterocycles. The number of hydrogen-bond donors (Lipinski definition) is 1. The van der Waals surface area contributed by atoms with Crippen LogP contribution in [0.1, 0.15) is 30.5 Å². The lowest BCUT2D eigenvalue weighted by Crippen LogP contribution is -2.40. The highest BCUT2D eigenvalue weighted by atomic mass is 16.5. The SMILES string of the molecule is C1COC(Cc2noc(C3CNC3)n2)C1. The molecule has 0 radical (unpaired) electrons. The Morgan fingerprint density at radius 2 is 2.33 bits per heavy atom. The predicted molar refractivity (Wildman–Crippen MR) is 52.6 cm³/mol. The van der Waals surface area contributed by atoms with Gasteiger partial charge in [0.25, 0.3) is 0 Å². The van der Waals surface area contributed by atoms with Gasteiger partial charge in [-0.2, -0.15) is 4.98 Å². The Labute approximate surface area is 88.2 Å². The maximum atomic E-state index is 5.53. The zero-order valence-electron chi connectivity index (χ0n) is 8.61. The predicted octanol–water partition coefficient (Wildman–Crippen LogP) is 0.478. The zero-order chi connectivity index (χ0) is 10.1. The van der Waals surface area contributed by atoms with Crippen molar-refractivity contribution in [2.24, 2.45) is 0 Å². The molecule has 3 heterocycles. The molecule has 5 heteroatoms. The van der Waals surface area contributed by atoms with Gasteiger partial charge in [0.1, 0.15) is 0 Å². The first kappa shape index (κ1) is 9.30. The molecule has 0 aromatic carbocycles. The summed E-state index contributed by atoms with van der Waals surface area (Å²) in [7, 11) is 0. The maximum Gasteiger partial charge on any atom is 0.232 e. The van der Waals surface area contributed by atoms with Crippen LogP contribution in [0.25, 0.3) is 0 Å². The fourth-order valence-electron chi connectivity index (χ4n) is 1.99. The van der Waals surface area contributed by atoms with Gasteiger partial charge in [0.2, 0.25) is 5.89 Å². The summed E-state index contributed by atoms with van der Waals surface area (Å²) in [5.74, 6) is 2.00. The summed E-state index contributed by atoms with van der Waals surface area (Å²) in [5.41, 5.74) is 0. The normalized spacial score (nSPS) is 26.8. The summed E-state index contributed by atoms with van der Waals surface area (Å²) in [5, 5.41) is 7.18. The third kappa shape index (κ3) is 1.89. The molecule has 2 saturated heterocycles. The van der Waals surface area contributed by atoms with Crippen molar-refractivity contribution in [3.63, 3.8) is 0 Å². The lowest BCUT2D eigenvalue weighted by Gasteiger charge is -2.22. The Hall–Kier alpha value is -0.940. The molecule has 2 aliphatic rings. The van der Waals surface area contributed by atoms with Crippen LogP contribution in [0.5, 0.6) is 0 Å². The highest BCUT2D eigenvalue weighted by molar-refractivity contribution is 5.01. The molecule has 0 amide bonds. The fraction of sp³-hybridized carbons (Fsp3) is 0.800. The highest BCUT2D eigenvalue weighted by Gasteiger charge is 2.26. The van der Waals surface area contributed by atoms with Crippen molar-refractivity contribution in [3.05, 3.63) is 11.7 Å². The Morgan fingerprint density at radius 1 is 1.40 bits per heavy atom. The average Bonchev–Trinajstić information content (AvgIpc) is 2.75. The summed E-state index contributed by atoms with van der Waals surface area (Å²) in [6, 6.07) is 0. The standard InChI is InChI=1S/C10H15N3O2/c1-2-8(14-3-1)4-9-12-10(15-13-9)7-5-11-6-7/h7-8,11H,1-6H2. The average molecular weight is 209 g/mol. The summed E-state index contributed by atoms with van der Waals surface area (Å²) in [6.45, 7) is 2.80. The van der Waals surface area contributed by atoms with Crippen molar-refractivity contribution >= 4 is 0 Å². The molecule has 1 atom stereocenters. The van der Waals surface area contributed by atoms with E-state index >= 15 is 0 Å². The van der Waals surface area contributed by atoms with Crippen LogP contribution in [0.15, 0.2) is 4.52 Å². The second-order valence-electron chi connectivity index (χ2n) is 4.24. The Balaban J connectivity index is 1.62. The second kappa shape index (κ2) is 3.90. The smallest absolute Gasteiger partial charge is 0.232 e. The molecule has 82 valence electrons. The molecule has 2 fully saturated rings. The maximum absolute atomic E-state index is 5.53. The van der Waals surface area contributed by atoms with Crippen LogP contribution in [0, 0.1) is 0 Å². The summed E-state index contributed by atoms with van der Waals surface area (Å²) in [4.78, 5) is 4.40. The number of ether oxygens (including phenoxy) is 1. The van der Waals surface area contributed by atoms with Gasteiger partial charge in [-0.25, -0.2) is 0 Å². The zero-order valence-corrected chi connectivity index (χ0v) is 8.61. The van der Waals surface area contributed by atoms with E-state index in [1.807, 2.05) is 0 Å². The van der Waals surface area contributed by atoms with E-state index in [2.05, 4.69) is 15.5 Å². The molecule has 15 heavy (non-hydrogen) atoms. The van der Waals surface area contributed by atoms with Crippen LogP contribution >= 0.6 is 0 Å². The van der Waals surface area contributed by atoms with Crippen molar-refractivity contribution in [2.45, 2.75) is 31.3 Å². The van der Waals surface area contributed by atoms with Crippen molar-refractivity contribution in [1.29, 1.82) is 0 Å². The van der Waals surface area contributed by atoms with E-state index in [1.54, 1.807) is 0 Å². The minimum absolute atomic E-state index is 0.301. The summed E-state index contributed by atoms with van der Waals surface area (Å²) >= 11 is 0. The molecule has 1 N–H and O–H groups in total. The van der Waals surface area contributed by atoms with Gasteiger partial charge in [0, 0.05) is 26.1 Å². The van der Waals surface area contributed by atoms with Crippen molar-refractivity contribution in [3.8, 4) is 0 Å². The minimum atomic E-state index is 0.301. The number of rotatable bonds is 3. The van der Waals surface area contributed by atoms with Gasteiger partial charge in [-0.3, -0.25) is 0 Å². The van der Waals surface area contributed by atoms with Crippen molar-refractivity contribution < 1.29 is 9.26 Å². The topological polar surface area (TPSA) is 60.2 Å². The van der Waals surface area contributed by atoms with E-state index in [4.69, 9.17) is 9.26 Å². The van der Waals surface area contributed by atoms with Gasteiger partial charge in [-0.15, -0.1) is 0 Å². The van der Waals surface area contributed by atoms with Gasteiger partial charge in [-0.1, -0.05) is 5.16 Å². The molecule has 0 saturated carbocycles. The van der Waals surface area contributed by atoms with Gasteiger partial charge >= 0.3 is 0 Å². The van der Waals surface area contributed by atoms with Crippen molar-refractivity contribution in [2.75, 3.05) is 19.7 Å². The van der Waals surface area contributed by atoms with Gasteiger partial charge in [0.15, 0.2) is 5.82 Å². The first-order valence-electron chi connectivity index (χ1n) is 5.56.